The Morgan fingerprint density at radius 3 is 2.44 bits per heavy atom. The van der Waals surface area contributed by atoms with Crippen LogP contribution in [-0.4, -0.2) is 33.8 Å². The van der Waals surface area contributed by atoms with Crippen molar-refractivity contribution in [2.75, 3.05) is 16.8 Å². The summed E-state index contributed by atoms with van der Waals surface area (Å²) in [6, 6.07) is 21.1. The molecule has 158 valence electrons. The van der Waals surface area contributed by atoms with Gasteiger partial charge in [-0.1, -0.05) is 35.9 Å². The number of rotatable bonds is 3. The number of halogens is 1. The van der Waals surface area contributed by atoms with Gasteiger partial charge in [-0.05, 0) is 48.5 Å². The van der Waals surface area contributed by atoms with Crippen molar-refractivity contribution in [3.05, 3.63) is 95.1 Å². The number of hydrogen-bond donors (Lipinski definition) is 1. The van der Waals surface area contributed by atoms with Crippen LogP contribution in [-0.2, 0) is 0 Å². The third-order valence-electron chi connectivity index (χ3n) is 5.36. The normalized spacial score (nSPS) is 12.9. The summed E-state index contributed by atoms with van der Waals surface area (Å²) in [4.78, 5) is 28.6. The molecule has 1 N–H and O–H groups in total. The highest BCUT2D eigenvalue weighted by molar-refractivity contribution is 6.31. The second-order valence-corrected chi connectivity index (χ2v) is 7.77. The maximum atomic E-state index is 13.8. The molecule has 0 unspecified atom stereocenters. The van der Waals surface area contributed by atoms with Gasteiger partial charge in [-0.15, -0.1) is 5.10 Å². The number of carbonyl (C=O) groups excluding carboxylic acids is 1. The van der Waals surface area contributed by atoms with E-state index in [1.165, 1.54) is 16.8 Å². The van der Waals surface area contributed by atoms with Gasteiger partial charge in [0, 0.05) is 24.0 Å². The quantitative estimate of drug-likeness (QED) is 0.465. The molecule has 2 heterocycles. The molecule has 1 aliphatic heterocycles. The lowest BCUT2D eigenvalue weighted by Crippen LogP contribution is -2.25. The first-order valence-electron chi connectivity index (χ1n) is 9.80. The molecule has 1 aliphatic rings. The number of nitrogens with zero attached hydrogens (tertiary/aromatic N) is 4. The third-order valence-corrected chi connectivity index (χ3v) is 5.59. The zero-order valence-corrected chi connectivity index (χ0v) is 17.7. The van der Waals surface area contributed by atoms with Gasteiger partial charge in [-0.2, -0.15) is 0 Å². The van der Waals surface area contributed by atoms with E-state index in [0.717, 1.165) is 5.69 Å². The Hall–Kier alpha value is -4.10. The Morgan fingerprint density at radius 1 is 0.938 bits per heavy atom. The van der Waals surface area contributed by atoms with Gasteiger partial charge in [-0.25, -0.2) is 9.48 Å². The number of benzene rings is 3. The number of hydrogen-bond acceptors (Lipinski definition) is 4. The Labute approximate surface area is 188 Å². The van der Waals surface area contributed by atoms with Crippen molar-refractivity contribution in [2.24, 2.45) is 0 Å². The summed E-state index contributed by atoms with van der Waals surface area (Å²) in [6.07, 6.45) is 1.62. The second kappa shape index (κ2) is 7.55. The Bertz CT molecular complexity index is 1370. The van der Waals surface area contributed by atoms with Gasteiger partial charge in [0.2, 0.25) is 0 Å². The summed E-state index contributed by atoms with van der Waals surface area (Å²) < 4.78 is 1.52. The lowest BCUT2D eigenvalue weighted by Gasteiger charge is -2.25. The Balaban J connectivity index is 1.72. The monoisotopic (exact) mass is 444 g/mol. The van der Waals surface area contributed by atoms with Gasteiger partial charge >= 0.3 is 5.97 Å². The molecule has 1 aromatic heterocycles. The van der Waals surface area contributed by atoms with Gasteiger partial charge in [0.25, 0.3) is 5.91 Å². The molecule has 7 nitrogen and oxygen atoms in total. The molecule has 0 fully saturated rings. The summed E-state index contributed by atoms with van der Waals surface area (Å²) in [7, 11) is 1.83. The van der Waals surface area contributed by atoms with E-state index in [0.29, 0.717) is 33.5 Å². The number of anilines is 4. The number of para-hydroxylation sites is 1. The van der Waals surface area contributed by atoms with E-state index in [4.69, 9.17) is 11.6 Å². The largest absolute Gasteiger partial charge is 0.478 e. The van der Waals surface area contributed by atoms with E-state index < -0.39 is 5.97 Å². The second-order valence-electron chi connectivity index (χ2n) is 7.33. The molecular weight excluding hydrogens is 428 g/mol. The van der Waals surface area contributed by atoms with Crippen LogP contribution in [0, 0.1) is 0 Å². The van der Waals surface area contributed by atoms with Crippen LogP contribution in [0.5, 0.6) is 0 Å². The van der Waals surface area contributed by atoms with E-state index in [9.17, 15) is 14.7 Å². The standard InChI is InChI=1S/C24H17ClN4O3/c1-27-20-11-10-16(25)13-21(20)29(17-7-3-2-4-8-17)23(30)19-14-28(26-22(19)27)18-9-5-6-15(12-18)24(31)32/h2-14H,1H3,(H,31,32). The molecule has 8 heteroatoms. The summed E-state index contributed by atoms with van der Waals surface area (Å²) in [5, 5.41) is 14.5. The molecule has 0 bridgehead atoms. The fraction of sp³-hybridized carbons (Fsp3) is 0.0417. The van der Waals surface area contributed by atoms with Gasteiger partial charge < -0.3 is 10.0 Å². The van der Waals surface area contributed by atoms with Gasteiger partial charge in [-0.3, -0.25) is 9.69 Å². The first kappa shape index (κ1) is 19.8. The van der Waals surface area contributed by atoms with E-state index in [1.54, 1.807) is 35.4 Å². The minimum absolute atomic E-state index is 0.138. The minimum Gasteiger partial charge on any atom is -0.478 e. The maximum Gasteiger partial charge on any atom is 0.335 e. The number of fused-ring (bicyclic) bond motifs is 2. The van der Waals surface area contributed by atoms with Crippen LogP contribution in [0.1, 0.15) is 20.7 Å². The van der Waals surface area contributed by atoms with Crippen LogP contribution in [0.25, 0.3) is 5.69 Å². The minimum atomic E-state index is -1.03. The molecular formula is C24H17ClN4O3. The van der Waals surface area contributed by atoms with Crippen molar-refractivity contribution in [2.45, 2.75) is 0 Å². The van der Waals surface area contributed by atoms with Crippen LogP contribution in [0.3, 0.4) is 0 Å². The van der Waals surface area contributed by atoms with Crippen LogP contribution in [0.2, 0.25) is 5.02 Å². The van der Waals surface area contributed by atoms with Gasteiger partial charge in [0.1, 0.15) is 5.56 Å². The summed E-state index contributed by atoms with van der Waals surface area (Å²) in [6.45, 7) is 0. The molecule has 32 heavy (non-hydrogen) atoms. The zero-order valence-electron chi connectivity index (χ0n) is 16.9. The lowest BCUT2D eigenvalue weighted by molar-refractivity contribution is 0.0696. The van der Waals surface area contributed by atoms with Crippen molar-refractivity contribution in [1.29, 1.82) is 0 Å². The maximum absolute atomic E-state index is 13.8. The van der Waals surface area contributed by atoms with E-state index >= 15 is 0 Å². The van der Waals surface area contributed by atoms with Crippen LogP contribution in [0.4, 0.5) is 22.9 Å². The molecule has 5 rings (SSSR count). The predicted molar refractivity (Wildman–Crippen MR) is 123 cm³/mol. The number of carboxylic acids is 1. The number of aromatic nitrogens is 2. The summed E-state index contributed by atoms with van der Waals surface area (Å²) in [5.74, 6) is -0.840. The molecule has 0 saturated carbocycles. The number of carbonyl (C=O) groups is 2. The highest BCUT2D eigenvalue weighted by Gasteiger charge is 2.33. The predicted octanol–water partition coefficient (Wildman–Crippen LogP) is 5.28. The zero-order chi connectivity index (χ0) is 22.4. The van der Waals surface area contributed by atoms with Crippen molar-refractivity contribution in [3.8, 4) is 5.69 Å². The van der Waals surface area contributed by atoms with Crippen LogP contribution in [0.15, 0.2) is 79.0 Å². The van der Waals surface area contributed by atoms with Crippen molar-refractivity contribution >= 4 is 46.4 Å². The molecule has 0 saturated heterocycles. The molecule has 0 spiro atoms. The molecule has 0 atom stereocenters. The average Bonchev–Trinajstić information content (AvgIpc) is 3.22. The Kier molecular flexibility index (Phi) is 4.68. The first-order valence-corrected chi connectivity index (χ1v) is 10.2. The number of aromatic carboxylic acids is 1. The highest BCUT2D eigenvalue weighted by atomic mass is 35.5. The van der Waals surface area contributed by atoms with E-state index in [-0.39, 0.29) is 11.5 Å². The van der Waals surface area contributed by atoms with Crippen molar-refractivity contribution in [3.63, 3.8) is 0 Å². The number of amides is 1. The third kappa shape index (κ3) is 3.19. The molecule has 0 radical (unpaired) electrons. The van der Waals surface area contributed by atoms with Gasteiger partial charge in [0.05, 0.1) is 22.6 Å². The fourth-order valence-corrected chi connectivity index (χ4v) is 3.98. The van der Waals surface area contributed by atoms with Gasteiger partial charge in [0.15, 0.2) is 5.82 Å². The fourth-order valence-electron chi connectivity index (χ4n) is 3.81. The number of carboxylic acid groups (broad SMARTS) is 1. The molecule has 4 aromatic rings. The molecule has 3 aromatic carbocycles. The van der Waals surface area contributed by atoms with Crippen molar-refractivity contribution in [1.82, 2.24) is 9.78 Å². The molecule has 1 amide bonds. The topological polar surface area (TPSA) is 78.7 Å². The van der Waals surface area contributed by atoms with Crippen LogP contribution >= 0.6 is 11.6 Å². The van der Waals surface area contributed by atoms with Crippen molar-refractivity contribution < 1.29 is 14.7 Å². The lowest BCUT2D eigenvalue weighted by atomic mass is 10.2. The SMILES string of the molecule is CN1c2ccc(Cl)cc2N(c2ccccc2)C(=O)c2cn(-c3cccc(C(=O)O)c3)nc21. The summed E-state index contributed by atoms with van der Waals surface area (Å²) >= 11 is 6.28. The molecule has 0 aliphatic carbocycles. The summed E-state index contributed by atoms with van der Waals surface area (Å²) in [5.41, 5.74) is 3.16. The van der Waals surface area contributed by atoms with E-state index in [1.807, 2.05) is 48.3 Å². The smallest absolute Gasteiger partial charge is 0.335 e. The first-order chi connectivity index (χ1) is 15.4. The van der Waals surface area contributed by atoms with Crippen LogP contribution < -0.4 is 9.80 Å². The average molecular weight is 445 g/mol. The Morgan fingerprint density at radius 2 is 1.69 bits per heavy atom. The highest BCUT2D eigenvalue weighted by Crippen LogP contribution is 2.43. The van der Waals surface area contributed by atoms with E-state index in [2.05, 4.69) is 5.10 Å².